The minimum Gasteiger partial charge on any atom is -0.508 e. The first-order valence-corrected chi connectivity index (χ1v) is 5.39. The zero-order valence-corrected chi connectivity index (χ0v) is 10.1. The maximum absolute atomic E-state index is 10.7. The van der Waals surface area contributed by atoms with E-state index in [4.69, 9.17) is 14.6 Å². The summed E-state index contributed by atoms with van der Waals surface area (Å²) in [6.45, 7) is 0. The number of phenolic OH excluding ortho intramolecular Hbond substituents is 1. The van der Waals surface area contributed by atoms with Crippen molar-refractivity contribution in [2.45, 2.75) is 0 Å². The van der Waals surface area contributed by atoms with E-state index >= 15 is 0 Å². The van der Waals surface area contributed by atoms with Gasteiger partial charge in [-0.3, -0.25) is 10.1 Å². The Hall–Kier alpha value is -2.76. The quantitative estimate of drug-likeness (QED) is 0.675. The van der Waals surface area contributed by atoms with Gasteiger partial charge in [0.1, 0.15) is 17.2 Å². The first-order chi connectivity index (χ1) is 9.10. The largest absolute Gasteiger partial charge is 0.508 e. The Bertz CT molecular complexity index is 594. The molecular formula is C13H11NO5. The van der Waals surface area contributed by atoms with Crippen LogP contribution in [0.25, 0.3) is 0 Å². The molecule has 0 aliphatic rings. The fraction of sp³-hybridized carbons (Fsp3) is 0.0769. The molecule has 0 amide bonds. The molecule has 1 N–H and O–H groups in total. The summed E-state index contributed by atoms with van der Waals surface area (Å²) < 4.78 is 10.4. The monoisotopic (exact) mass is 261 g/mol. The van der Waals surface area contributed by atoms with Gasteiger partial charge in [-0.15, -0.1) is 0 Å². The van der Waals surface area contributed by atoms with Crippen molar-refractivity contribution in [3.05, 3.63) is 52.6 Å². The zero-order valence-electron chi connectivity index (χ0n) is 10.1. The number of ether oxygens (including phenoxy) is 2. The van der Waals surface area contributed by atoms with Crippen LogP contribution >= 0.6 is 0 Å². The zero-order chi connectivity index (χ0) is 13.8. The van der Waals surface area contributed by atoms with Gasteiger partial charge in [0, 0.05) is 12.1 Å². The van der Waals surface area contributed by atoms with Gasteiger partial charge in [0.05, 0.1) is 12.0 Å². The van der Waals surface area contributed by atoms with E-state index in [-0.39, 0.29) is 17.2 Å². The summed E-state index contributed by atoms with van der Waals surface area (Å²) >= 11 is 0. The number of benzene rings is 2. The van der Waals surface area contributed by atoms with Gasteiger partial charge in [0.15, 0.2) is 0 Å². The predicted octanol–water partition coefficient (Wildman–Crippen LogP) is 3.10. The second kappa shape index (κ2) is 5.26. The van der Waals surface area contributed by atoms with Crippen molar-refractivity contribution in [1.82, 2.24) is 0 Å². The lowest BCUT2D eigenvalue weighted by Gasteiger charge is -2.07. The van der Waals surface area contributed by atoms with Gasteiger partial charge >= 0.3 is 5.69 Å². The molecule has 2 aromatic rings. The molecule has 0 saturated heterocycles. The van der Waals surface area contributed by atoms with E-state index in [9.17, 15) is 10.1 Å². The van der Waals surface area contributed by atoms with Gasteiger partial charge < -0.3 is 14.6 Å². The van der Waals surface area contributed by atoms with Gasteiger partial charge in [-0.2, -0.15) is 0 Å². The van der Waals surface area contributed by atoms with Crippen LogP contribution in [-0.4, -0.2) is 17.1 Å². The molecule has 98 valence electrons. The van der Waals surface area contributed by atoms with Crippen molar-refractivity contribution in [1.29, 1.82) is 0 Å². The number of hydrogen-bond donors (Lipinski definition) is 1. The van der Waals surface area contributed by atoms with Crippen molar-refractivity contribution in [2.75, 3.05) is 7.11 Å². The molecule has 0 saturated carbocycles. The molecule has 2 rings (SSSR count). The van der Waals surface area contributed by atoms with E-state index in [1.165, 1.54) is 37.4 Å². The van der Waals surface area contributed by atoms with Crippen molar-refractivity contribution in [3.8, 4) is 23.0 Å². The van der Waals surface area contributed by atoms with Gasteiger partial charge in [0.2, 0.25) is 5.75 Å². The van der Waals surface area contributed by atoms with Crippen LogP contribution in [0.3, 0.4) is 0 Å². The van der Waals surface area contributed by atoms with E-state index in [0.29, 0.717) is 11.5 Å². The van der Waals surface area contributed by atoms with Gasteiger partial charge in [-0.1, -0.05) is 0 Å². The Balaban J connectivity index is 2.26. The summed E-state index contributed by atoms with van der Waals surface area (Å²) in [5.74, 6) is 1.18. The highest BCUT2D eigenvalue weighted by molar-refractivity contribution is 5.51. The number of phenols is 1. The lowest BCUT2D eigenvalue weighted by Crippen LogP contribution is -1.94. The molecule has 0 unspecified atom stereocenters. The number of hydrogen-bond acceptors (Lipinski definition) is 5. The highest BCUT2D eigenvalue weighted by Crippen LogP contribution is 2.33. The average Bonchev–Trinajstić information content (AvgIpc) is 2.41. The Kier molecular flexibility index (Phi) is 3.51. The van der Waals surface area contributed by atoms with E-state index < -0.39 is 4.92 Å². The molecule has 0 atom stereocenters. The molecule has 0 aliphatic carbocycles. The second-order valence-corrected chi connectivity index (χ2v) is 3.69. The molecule has 6 nitrogen and oxygen atoms in total. The second-order valence-electron chi connectivity index (χ2n) is 3.69. The van der Waals surface area contributed by atoms with Crippen LogP contribution in [0.2, 0.25) is 0 Å². The SMILES string of the molecule is COc1cc(Oc2ccc(O)cc2)ccc1[N+](=O)[O-]. The molecule has 2 aromatic carbocycles. The average molecular weight is 261 g/mol. The molecule has 19 heavy (non-hydrogen) atoms. The van der Waals surface area contributed by atoms with E-state index in [2.05, 4.69) is 0 Å². The van der Waals surface area contributed by atoms with Crippen LogP contribution in [0.4, 0.5) is 5.69 Å². The highest BCUT2D eigenvalue weighted by atomic mass is 16.6. The summed E-state index contributed by atoms with van der Waals surface area (Å²) in [6, 6.07) is 10.4. The third-order valence-electron chi connectivity index (χ3n) is 2.42. The molecule has 0 fully saturated rings. The molecule has 0 radical (unpaired) electrons. The van der Waals surface area contributed by atoms with Gasteiger partial charge in [-0.05, 0) is 30.3 Å². The van der Waals surface area contributed by atoms with Gasteiger partial charge in [-0.25, -0.2) is 0 Å². The summed E-state index contributed by atoms with van der Waals surface area (Å²) in [5.41, 5.74) is -0.124. The maximum Gasteiger partial charge on any atom is 0.311 e. The summed E-state index contributed by atoms with van der Waals surface area (Å²) in [4.78, 5) is 10.2. The number of nitrogens with zero attached hydrogens (tertiary/aromatic N) is 1. The lowest BCUT2D eigenvalue weighted by atomic mass is 10.2. The van der Waals surface area contributed by atoms with Crippen molar-refractivity contribution < 1.29 is 19.5 Å². The Morgan fingerprint density at radius 1 is 1.11 bits per heavy atom. The van der Waals surface area contributed by atoms with E-state index in [0.717, 1.165) is 0 Å². The van der Waals surface area contributed by atoms with Crippen LogP contribution < -0.4 is 9.47 Å². The lowest BCUT2D eigenvalue weighted by molar-refractivity contribution is -0.385. The molecular weight excluding hydrogens is 250 g/mol. The Morgan fingerprint density at radius 3 is 2.32 bits per heavy atom. The molecule has 0 aromatic heterocycles. The Morgan fingerprint density at radius 2 is 1.74 bits per heavy atom. The summed E-state index contributed by atoms with van der Waals surface area (Å²) in [7, 11) is 1.35. The molecule has 0 bridgehead atoms. The van der Waals surface area contributed by atoms with Crippen molar-refractivity contribution >= 4 is 5.69 Å². The third kappa shape index (κ3) is 2.92. The molecule has 0 spiro atoms. The first-order valence-electron chi connectivity index (χ1n) is 5.39. The number of aromatic hydroxyl groups is 1. The minimum atomic E-state index is -0.525. The smallest absolute Gasteiger partial charge is 0.311 e. The fourth-order valence-corrected chi connectivity index (χ4v) is 1.52. The third-order valence-corrected chi connectivity index (χ3v) is 2.42. The van der Waals surface area contributed by atoms with Crippen LogP contribution in [-0.2, 0) is 0 Å². The maximum atomic E-state index is 10.7. The minimum absolute atomic E-state index is 0.124. The fourth-order valence-electron chi connectivity index (χ4n) is 1.52. The molecule has 6 heteroatoms. The summed E-state index contributed by atoms with van der Waals surface area (Å²) in [5, 5.41) is 19.9. The van der Waals surface area contributed by atoms with E-state index in [1.54, 1.807) is 12.1 Å². The number of nitro benzene ring substituents is 1. The first kappa shape index (κ1) is 12.7. The summed E-state index contributed by atoms with van der Waals surface area (Å²) in [6.07, 6.45) is 0. The predicted molar refractivity (Wildman–Crippen MR) is 67.8 cm³/mol. The number of rotatable bonds is 4. The highest BCUT2D eigenvalue weighted by Gasteiger charge is 2.15. The topological polar surface area (TPSA) is 81.8 Å². The van der Waals surface area contributed by atoms with Crippen molar-refractivity contribution in [2.24, 2.45) is 0 Å². The van der Waals surface area contributed by atoms with Crippen LogP contribution in [0.5, 0.6) is 23.0 Å². The molecule has 0 heterocycles. The molecule has 0 aliphatic heterocycles. The number of methoxy groups -OCH3 is 1. The van der Waals surface area contributed by atoms with Crippen LogP contribution in [0.15, 0.2) is 42.5 Å². The van der Waals surface area contributed by atoms with Crippen LogP contribution in [0.1, 0.15) is 0 Å². The Labute approximate surface area is 109 Å². The van der Waals surface area contributed by atoms with Crippen LogP contribution in [0, 0.1) is 10.1 Å². The normalized spacial score (nSPS) is 9.95. The number of nitro groups is 1. The van der Waals surface area contributed by atoms with Crippen molar-refractivity contribution in [3.63, 3.8) is 0 Å². The van der Waals surface area contributed by atoms with Gasteiger partial charge in [0.25, 0.3) is 0 Å². The standard InChI is InChI=1S/C13H11NO5/c1-18-13-8-11(6-7-12(13)14(16)17)19-10-4-2-9(15)3-5-10/h2-8,15H,1H3. The van der Waals surface area contributed by atoms with E-state index in [1.807, 2.05) is 0 Å².